The first-order chi connectivity index (χ1) is 18.0. The van der Waals surface area contributed by atoms with E-state index in [-0.39, 0.29) is 55.0 Å². The topological polar surface area (TPSA) is 125 Å². The molecular formula is C27H32N2O8. The van der Waals surface area contributed by atoms with E-state index in [1.807, 2.05) is 12.1 Å². The Balaban J connectivity index is 1.60. The highest BCUT2D eigenvalue weighted by atomic mass is 16.7. The third-order valence-electron chi connectivity index (χ3n) is 7.36. The highest BCUT2D eigenvalue weighted by Crippen LogP contribution is 2.55. The summed E-state index contributed by atoms with van der Waals surface area (Å²) < 4.78 is 27.7. The van der Waals surface area contributed by atoms with Gasteiger partial charge in [0.15, 0.2) is 23.0 Å². The number of nitrogens with one attached hydrogen (secondary N) is 2. The Morgan fingerprint density at radius 2 is 1.73 bits per heavy atom. The largest absolute Gasteiger partial charge is 0.502 e. The number of hydrogen-bond donors (Lipinski definition) is 3. The average Bonchev–Trinajstić information content (AvgIpc) is 3.52. The van der Waals surface area contributed by atoms with Crippen LogP contribution >= 0.6 is 0 Å². The molecule has 2 aromatic rings. The highest BCUT2D eigenvalue weighted by Gasteiger charge is 2.53. The molecule has 37 heavy (non-hydrogen) atoms. The predicted molar refractivity (Wildman–Crippen MR) is 132 cm³/mol. The Kier molecular flexibility index (Phi) is 7.01. The Bertz CT molecular complexity index is 1170. The molecule has 0 bridgehead atoms. The van der Waals surface area contributed by atoms with E-state index >= 15 is 0 Å². The van der Waals surface area contributed by atoms with Gasteiger partial charge in [-0.15, -0.1) is 0 Å². The van der Waals surface area contributed by atoms with E-state index in [0.29, 0.717) is 17.1 Å². The summed E-state index contributed by atoms with van der Waals surface area (Å²) in [5.41, 5.74) is 2.36. The van der Waals surface area contributed by atoms with Crippen LogP contribution in [0.3, 0.4) is 0 Å². The number of unbranched alkanes of at least 4 members (excludes halogenated alkanes) is 1. The molecule has 5 rings (SSSR count). The number of carbonyl (C=O) groups excluding carboxylic acids is 2. The molecule has 2 aliphatic heterocycles. The normalized spacial score (nSPS) is 23.2. The lowest BCUT2D eigenvalue weighted by Crippen LogP contribution is -2.45. The van der Waals surface area contributed by atoms with Crippen molar-refractivity contribution < 1.29 is 38.4 Å². The summed E-state index contributed by atoms with van der Waals surface area (Å²) in [7, 11) is 2.91. The molecule has 1 fully saturated rings. The Morgan fingerprint density at radius 3 is 2.38 bits per heavy atom. The lowest BCUT2D eigenvalue weighted by molar-refractivity contribution is -0.141. The minimum Gasteiger partial charge on any atom is -0.502 e. The van der Waals surface area contributed by atoms with Crippen LogP contribution in [0.1, 0.15) is 48.4 Å². The molecule has 4 atom stereocenters. The molecule has 1 aliphatic carbocycles. The molecule has 1 saturated heterocycles. The minimum atomic E-state index is -0.579. The lowest BCUT2D eigenvalue weighted by atomic mass is 9.65. The summed E-state index contributed by atoms with van der Waals surface area (Å²) in [6.45, 7) is 3.30. The quantitative estimate of drug-likeness (QED) is 0.343. The summed E-state index contributed by atoms with van der Waals surface area (Å²) in [5, 5.41) is 16.8. The molecule has 3 aliphatic rings. The van der Waals surface area contributed by atoms with E-state index in [0.717, 1.165) is 30.5 Å². The third-order valence-corrected chi connectivity index (χ3v) is 7.36. The Morgan fingerprint density at radius 1 is 1.05 bits per heavy atom. The van der Waals surface area contributed by atoms with Gasteiger partial charge in [0.25, 0.3) is 0 Å². The van der Waals surface area contributed by atoms with E-state index in [9.17, 15) is 14.7 Å². The van der Waals surface area contributed by atoms with Gasteiger partial charge in [-0.25, -0.2) is 0 Å². The number of rotatable bonds is 9. The number of phenols is 1. The molecule has 2 aromatic carbocycles. The van der Waals surface area contributed by atoms with Gasteiger partial charge in [0.2, 0.25) is 18.4 Å². The summed E-state index contributed by atoms with van der Waals surface area (Å²) >= 11 is 0. The molecule has 0 aromatic heterocycles. The van der Waals surface area contributed by atoms with Crippen LogP contribution in [0.2, 0.25) is 0 Å². The number of cyclic esters (lactones) is 1. The Labute approximate surface area is 215 Å². The number of esters is 1. The fourth-order valence-corrected chi connectivity index (χ4v) is 5.57. The molecule has 0 spiro atoms. The van der Waals surface area contributed by atoms with Gasteiger partial charge in [-0.05, 0) is 53.9 Å². The molecule has 198 valence electrons. The van der Waals surface area contributed by atoms with Crippen LogP contribution in [-0.2, 0) is 14.3 Å². The summed E-state index contributed by atoms with van der Waals surface area (Å²) in [5.74, 6) is -0.355. The van der Waals surface area contributed by atoms with Crippen LogP contribution in [0.4, 0.5) is 0 Å². The van der Waals surface area contributed by atoms with Gasteiger partial charge in [0, 0.05) is 11.8 Å². The molecule has 0 saturated carbocycles. The zero-order chi connectivity index (χ0) is 26.1. The van der Waals surface area contributed by atoms with Crippen molar-refractivity contribution in [1.29, 1.82) is 0 Å². The van der Waals surface area contributed by atoms with Crippen molar-refractivity contribution in [3.8, 4) is 28.7 Å². The molecule has 2 heterocycles. The molecule has 10 nitrogen and oxygen atoms in total. The monoisotopic (exact) mass is 512 g/mol. The zero-order valence-corrected chi connectivity index (χ0v) is 21.2. The van der Waals surface area contributed by atoms with E-state index in [1.54, 1.807) is 12.1 Å². The van der Waals surface area contributed by atoms with Crippen molar-refractivity contribution in [2.45, 2.75) is 31.7 Å². The van der Waals surface area contributed by atoms with Gasteiger partial charge in [-0.1, -0.05) is 13.3 Å². The summed E-state index contributed by atoms with van der Waals surface area (Å²) in [4.78, 5) is 26.1. The number of hydrogen-bond acceptors (Lipinski definition) is 9. The molecule has 3 N–H and O–H groups in total. The first kappa shape index (κ1) is 25.0. The number of methoxy groups -OCH3 is 2. The van der Waals surface area contributed by atoms with E-state index in [2.05, 4.69) is 17.6 Å². The Hall–Kier alpha value is -3.66. The summed E-state index contributed by atoms with van der Waals surface area (Å²) in [6, 6.07) is 6.70. The van der Waals surface area contributed by atoms with E-state index in [1.165, 1.54) is 14.2 Å². The number of phenolic OH excluding ortho intramolecular Hbond substituents is 1. The van der Waals surface area contributed by atoms with Gasteiger partial charge in [-0.2, -0.15) is 0 Å². The maximum atomic E-state index is 13.2. The number of aromatic hydroxyl groups is 1. The van der Waals surface area contributed by atoms with Crippen molar-refractivity contribution >= 4 is 11.9 Å². The van der Waals surface area contributed by atoms with E-state index < -0.39 is 17.9 Å². The van der Waals surface area contributed by atoms with Gasteiger partial charge < -0.3 is 39.4 Å². The van der Waals surface area contributed by atoms with E-state index in [4.69, 9.17) is 23.7 Å². The molecular weight excluding hydrogens is 480 g/mol. The lowest BCUT2D eigenvalue weighted by Gasteiger charge is -2.39. The fraction of sp³-hybridized carbons (Fsp3) is 0.481. The minimum absolute atomic E-state index is 0.0943. The van der Waals surface area contributed by atoms with Crippen LogP contribution in [0.15, 0.2) is 24.3 Å². The van der Waals surface area contributed by atoms with Crippen molar-refractivity contribution in [3.63, 3.8) is 0 Å². The average molecular weight is 513 g/mol. The smallest absolute Gasteiger partial charge is 0.310 e. The van der Waals surface area contributed by atoms with Gasteiger partial charge >= 0.3 is 5.97 Å². The molecule has 4 unspecified atom stereocenters. The second-order valence-electron chi connectivity index (χ2n) is 9.48. The van der Waals surface area contributed by atoms with Crippen molar-refractivity contribution in [1.82, 2.24) is 10.6 Å². The zero-order valence-electron chi connectivity index (χ0n) is 21.2. The van der Waals surface area contributed by atoms with Crippen LogP contribution < -0.4 is 29.6 Å². The second-order valence-corrected chi connectivity index (χ2v) is 9.48. The highest BCUT2D eigenvalue weighted by molar-refractivity contribution is 5.81. The number of benzene rings is 2. The fourth-order valence-electron chi connectivity index (χ4n) is 5.57. The molecule has 1 amide bonds. The first-order valence-corrected chi connectivity index (χ1v) is 12.5. The van der Waals surface area contributed by atoms with Gasteiger partial charge in [0.05, 0.1) is 39.3 Å². The third kappa shape index (κ3) is 4.50. The number of amides is 1. The van der Waals surface area contributed by atoms with Crippen LogP contribution in [-0.4, -0.2) is 57.7 Å². The van der Waals surface area contributed by atoms with Gasteiger partial charge in [-0.3, -0.25) is 9.59 Å². The van der Waals surface area contributed by atoms with Crippen LogP contribution in [0.25, 0.3) is 0 Å². The van der Waals surface area contributed by atoms with Crippen LogP contribution in [0, 0.1) is 11.8 Å². The van der Waals surface area contributed by atoms with Crippen LogP contribution in [0.5, 0.6) is 28.7 Å². The van der Waals surface area contributed by atoms with Crippen molar-refractivity contribution in [2.24, 2.45) is 11.8 Å². The maximum absolute atomic E-state index is 13.2. The number of carbonyl (C=O) groups is 2. The predicted octanol–water partition coefficient (Wildman–Crippen LogP) is 2.62. The van der Waals surface area contributed by atoms with Crippen molar-refractivity contribution in [3.05, 3.63) is 41.0 Å². The van der Waals surface area contributed by atoms with Gasteiger partial charge in [0.1, 0.15) is 0 Å². The SMILES string of the molecule is CCCCNCC(=O)NC1c2cc3c(cc2C(c2cc(OC)c(O)c(OC)c2)C2C(=O)OCC12)OCO3. The summed E-state index contributed by atoms with van der Waals surface area (Å²) in [6.07, 6.45) is 2.02. The standard InChI is InChI=1S/C27H32N2O8/c1-4-5-6-28-11-22(30)29-25-16-10-19-18(36-13-37-19)9-15(16)23(24-17(25)12-35-27(24)32)14-7-20(33-2)26(31)21(8-14)34-3/h7-10,17,23-25,28,31H,4-6,11-13H2,1-3H3,(H,29,30). The maximum Gasteiger partial charge on any atom is 0.310 e. The first-order valence-electron chi connectivity index (χ1n) is 12.5. The second kappa shape index (κ2) is 10.4. The van der Waals surface area contributed by atoms with Crippen molar-refractivity contribution in [2.75, 3.05) is 40.7 Å². The number of ether oxygens (including phenoxy) is 5. The molecule has 0 radical (unpaired) electrons. The number of fused-ring (bicyclic) bond motifs is 3. The molecule has 10 heteroatoms.